The summed E-state index contributed by atoms with van der Waals surface area (Å²) in [5.74, 6) is -1.70. The number of nitrogens with one attached hydrogen (secondary N) is 2. The van der Waals surface area contributed by atoms with E-state index in [-0.39, 0.29) is 23.7 Å². The van der Waals surface area contributed by atoms with Gasteiger partial charge in [-0.3, -0.25) is 19.7 Å². The second kappa shape index (κ2) is 7.72. The van der Waals surface area contributed by atoms with Crippen molar-refractivity contribution in [2.24, 2.45) is 0 Å². The van der Waals surface area contributed by atoms with Crippen LogP contribution in [0.15, 0.2) is 24.3 Å². The first-order chi connectivity index (χ1) is 10.3. The number of methoxy groups -OCH3 is 1. The van der Waals surface area contributed by atoms with Crippen molar-refractivity contribution in [1.29, 1.82) is 0 Å². The molecule has 1 unspecified atom stereocenters. The van der Waals surface area contributed by atoms with Crippen molar-refractivity contribution in [2.75, 3.05) is 13.7 Å². The van der Waals surface area contributed by atoms with Crippen LogP contribution in [0.4, 0.5) is 5.69 Å². The van der Waals surface area contributed by atoms with E-state index >= 15 is 0 Å². The summed E-state index contributed by atoms with van der Waals surface area (Å²) >= 11 is 0. The predicted molar refractivity (Wildman–Crippen MR) is 75.1 cm³/mol. The van der Waals surface area contributed by atoms with Gasteiger partial charge in [0.25, 0.3) is 11.6 Å². The SMILES string of the molecule is COC(=O)C(CNC(C)=O)NC(=O)c1ccc([N+](=O)[O-])cc1. The Morgan fingerprint density at radius 2 is 1.86 bits per heavy atom. The van der Waals surface area contributed by atoms with Crippen molar-refractivity contribution in [3.63, 3.8) is 0 Å². The van der Waals surface area contributed by atoms with Crippen molar-refractivity contribution in [1.82, 2.24) is 10.6 Å². The summed E-state index contributed by atoms with van der Waals surface area (Å²) in [5, 5.41) is 15.3. The maximum absolute atomic E-state index is 12.0. The minimum absolute atomic E-state index is 0.124. The zero-order chi connectivity index (χ0) is 16.7. The molecule has 9 nitrogen and oxygen atoms in total. The van der Waals surface area contributed by atoms with Gasteiger partial charge in [-0.25, -0.2) is 4.79 Å². The van der Waals surface area contributed by atoms with Crippen LogP contribution in [0.2, 0.25) is 0 Å². The number of esters is 1. The minimum atomic E-state index is -1.06. The van der Waals surface area contributed by atoms with Crippen LogP contribution in [0.3, 0.4) is 0 Å². The fraction of sp³-hybridized carbons (Fsp3) is 0.308. The Balaban J connectivity index is 2.78. The van der Waals surface area contributed by atoms with Gasteiger partial charge in [0.1, 0.15) is 6.04 Å². The molecule has 0 spiro atoms. The van der Waals surface area contributed by atoms with Crippen molar-refractivity contribution >= 4 is 23.5 Å². The Morgan fingerprint density at radius 1 is 1.27 bits per heavy atom. The zero-order valence-electron chi connectivity index (χ0n) is 12.0. The highest BCUT2D eigenvalue weighted by Gasteiger charge is 2.22. The molecule has 118 valence electrons. The molecular weight excluding hydrogens is 294 g/mol. The predicted octanol–water partition coefficient (Wildman–Crippen LogP) is 0.00230. The molecule has 0 fully saturated rings. The first kappa shape index (κ1) is 17.1. The van der Waals surface area contributed by atoms with Crippen LogP contribution in [0, 0.1) is 10.1 Å². The Kier molecular flexibility index (Phi) is 5.99. The lowest BCUT2D eigenvalue weighted by Crippen LogP contribution is -2.48. The van der Waals surface area contributed by atoms with Gasteiger partial charge in [0.15, 0.2) is 0 Å². The monoisotopic (exact) mass is 309 g/mol. The van der Waals surface area contributed by atoms with E-state index in [4.69, 9.17) is 0 Å². The van der Waals surface area contributed by atoms with Crippen LogP contribution in [-0.4, -0.2) is 42.4 Å². The smallest absolute Gasteiger partial charge is 0.330 e. The van der Waals surface area contributed by atoms with Crippen molar-refractivity contribution in [3.8, 4) is 0 Å². The molecule has 2 N–H and O–H groups in total. The van der Waals surface area contributed by atoms with Crippen LogP contribution in [0.5, 0.6) is 0 Å². The maximum atomic E-state index is 12.0. The van der Waals surface area contributed by atoms with E-state index < -0.39 is 22.8 Å². The fourth-order valence-corrected chi connectivity index (χ4v) is 1.56. The summed E-state index contributed by atoms with van der Waals surface area (Å²) in [6, 6.07) is 3.82. The molecule has 1 rings (SSSR count). The van der Waals surface area contributed by atoms with Crippen molar-refractivity contribution in [3.05, 3.63) is 39.9 Å². The van der Waals surface area contributed by atoms with Gasteiger partial charge in [-0.2, -0.15) is 0 Å². The first-order valence-electron chi connectivity index (χ1n) is 6.22. The van der Waals surface area contributed by atoms with Gasteiger partial charge in [-0.1, -0.05) is 0 Å². The summed E-state index contributed by atoms with van der Waals surface area (Å²) in [4.78, 5) is 44.4. The molecule has 1 aromatic rings. The number of benzene rings is 1. The Labute approximate surface area is 125 Å². The van der Waals surface area contributed by atoms with Crippen LogP contribution < -0.4 is 10.6 Å². The number of nitrogens with zero attached hydrogens (tertiary/aromatic N) is 1. The third-order valence-electron chi connectivity index (χ3n) is 2.69. The maximum Gasteiger partial charge on any atom is 0.330 e. The van der Waals surface area contributed by atoms with Gasteiger partial charge in [0.2, 0.25) is 5.91 Å². The number of hydrogen-bond acceptors (Lipinski definition) is 6. The second-order valence-corrected chi connectivity index (χ2v) is 4.29. The molecule has 2 amide bonds. The number of nitro benzene ring substituents is 1. The number of non-ortho nitro benzene ring substituents is 1. The number of carbonyl (C=O) groups excluding carboxylic acids is 3. The van der Waals surface area contributed by atoms with E-state index in [0.29, 0.717) is 0 Å². The van der Waals surface area contributed by atoms with E-state index in [2.05, 4.69) is 15.4 Å². The van der Waals surface area contributed by atoms with Gasteiger partial charge in [-0.15, -0.1) is 0 Å². The number of hydrogen-bond donors (Lipinski definition) is 2. The standard InChI is InChI=1S/C13H15N3O6/c1-8(17)14-7-11(13(19)22-2)15-12(18)9-3-5-10(6-4-9)16(20)21/h3-6,11H,7H2,1-2H3,(H,14,17)(H,15,18). The quantitative estimate of drug-likeness (QED) is 0.432. The molecule has 0 aliphatic rings. The Morgan fingerprint density at radius 3 is 2.32 bits per heavy atom. The van der Waals surface area contributed by atoms with Gasteiger partial charge in [0.05, 0.1) is 12.0 Å². The summed E-state index contributed by atoms with van der Waals surface area (Å²) < 4.78 is 4.54. The van der Waals surface area contributed by atoms with Gasteiger partial charge >= 0.3 is 5.97 Å². The topological polar surface area (TPSA) is 128 Å². The second-order valence-electron chi connectivity index (χ2n) is 4.29. The Bertz CT molecular complexity index is 584. The summed E-state index contributed by atoms with van der Waals surface area (Å²) in [5.41, 5.74) is -0.0124. The van der Waals surface area contributed by atoms with Gasteiger partial charge < -0.3 is 15.4 Å². The number of nitro groups is 1. The lowest BCUT2D eigenvalue weighted by atomic mass is 10.1. The Hall–Kier alpha value is -2.97. The summed E-state index contributed by atoms with van der Waals surface area (Å²) in [6.45, 7) is 1.15. The van der Waals surface area contributed by atoms with E-state index in [0.717, 1.165) is 7.11 Å². The molecule has 0 aliphatic carbocycles. The first-order valence-corrected chi connectivity index (χ1v) is 6.22. The average Bonchev–Trinajstić information content (AvgIpc) is 2.50. The molecule has 0 aromatic heterocycles. The zero-order valence-corrected chi connectivity index (χ0v) is 12.0. The number of amides is 2. The molecule has 0 bridgehead atoms. The lowest BCUT2D eigenvalue weighted by Gasteiger charge is -2.16. The molecule has 1 aromatic carbocycles. The van der Waals surface area contributed by atoms with E-state index in [1.807, 2.05) is 0 Å². The van der Waals surface area contributed by atoms with Crippen LogP contribution >= 0.6 is 0 Å². The van der Waals surface area contributed by atoms with Gasteiger partial charge in [0, 0.05) is 31.2 Å². The molecular formula is C13H15N3O6. The lowest BCUT2D eigenvalue weighted by molar-refractivity contribution is -0.384. The molecule has 22 heavy (non-hydrogen) atoms. The van der Waals surface area contributed by atoms with Crippen LogP contribution in [0.25, 0.3) is 0 Å². The average molecular weight is 309 g/mol. The number of ether oxygens (including phenoxy) is 1. The van der Waals surface area contributed by atoms with Gasteiger partial charge in [-0.05, 0) is 12.1 Å². The fourth-order valence-electron chi connectivity index (χ4n) is 1.56. The molecule has 0 saturated carbocycles. The summed E-state index contributed by atoms with van der Waals surface area (Å²) in [7, 11) is 1.15. The number of carbonyl (C=O) groups is 3. The molecule has 9 heteroatoms. The van der Waals surface area contributed by atoms with Crippen LogP contribution in [0.1, 0.15) is 17.3 Å². The van der Waals surface area contributed by atoms with Crippen LogP contribution in [-0.2, 0) is 14.3 Å². The number of rotatable bonds is 6. The van der Waals surface area contributed by atoms with Crippen molar-refractivity contribution in [2.45, 2.75) is 13.0 Å². The normalized spacial score (nSPS) is 11.2. The highest BCUT2D eigenvalue weighted by molar-refractivity contribution is 5.97. The molecule has 0 radical (unpaired) electrons. The molecule has 0 heterocycles. The molecule has 1 atom stereocenters. The third kappa shape index (κ3) is 4.85. The third-order valence-corrected chi connectivity index (χ3v) is 2.69. The van der Waals surface area contributed by atoms with E-state index in [1.54, 1.807) is 0 Å². The minimum Gasteiger partial charge on any atom is -0.467 e. The molecule has 0 saturated heterocycles. The largest absolute Gasteiger partial charge is 0.467 e. The highest BCUT2D eigenvalue weighted by Crippen LogP contribution is 2.11. The highest BCUT2D eigenvalue weighted by atomic mass is 16.6. The van der Waals surface area contributed by atoms with E-state index in [9.17, 15) is 24.5 Å². The van der Waals surface area contributed by atoms with E-state index in [1.165, 1.54) is 31.2 Å². The summed E-state index contributed by atoms with van der Waals surface area (Å²) in [6.07, 6.45) is 0. The molecule has 0 aliphatic heterocycles. The van der Waals surface area contributed by atoms with Crippen molar-refractivity contribution < 1.29 is 24.0 Å².